The van der Waals surface area contributed by atoms with E-state index in [0.29, 0.717) is 18.3 Å². The molecule has 0 spiro atoms. The third kappa shape index (κ3) is 4.54. The van der Waals surface area contributed by atoms with Crippen molar-refractivity contribution in [2.75, 3.05) is 6.54 Å². The maximum Gasteiger partial charge on any atom is 0.271 e. The zero-order valence-electron chi connectivity index (χ0n) is 13.0. The van der Waals surface area contributed by atoms with Crippen LogP contribution in [0.15, 0.2) is 6.20 Å². The maximum absolute atomic E-state index is 12.4. The molecule has 0 radical (unpaired) electrons. The van der Waals surface area contributed by atoms with Crippen LogP contribution in [0.5, 0.6) is 0 Å². The molecule has 1 aliphatic carbocycles. The van der Waals surface area contributed by atoms with Crippen molar-refractivity contribution >= 4 is 29.9 Å². The summed E-state index contributed by atoms with van der Waals surface area (Å²) in [7, 11) is 0. The monoisotopic (exact) mass is 346 g/mol. The van der Waals surface area contributed by atoms with Crippen LogP contribution in [-0.2, 0) is 0 Å². The Hall–Kier alpha value is -0.910. The van der Waals surface area contributed by atoms with Gasteiger partial charge in [0.1, 0.15) is 11.5 Å². The average molecular weight is 347 g/mol. The number of hydrogen-bond acceptors (Lipinski definition) is 4. The summed E-state index contributed by atoms with van der Waals surface area (Å²) in [6.07, 6.45) is 5.83. The normalized spacial score (nSPS) is 21.3. The van der Waals surface area contributed by atoms with Crippen molar-refractivity contribution < 1.29 is 4.79 Å². The molecule has 0 bridgehead atoms. The zero-order valence-corrected chi connectivity index (χ0v) is 14.6. The number of carbonyl (C=O) groups excluding carboxylic acids is 1. The molecule has 2 atom stereocenters. The maximum atomic E-state index is 12.4. The van der Waals surface area contributed by atoms with Gasteiger partial charge in [-0.15, -0.1) is 12.4 Å². The van der Waals surface area contributed by atoms with Crippen molar-refractivity contribution in [2.45, 2.75) is 51.5 Å². The first-order chi connectivity index (χ1) is 10.0. The van der Waals surface area contributed by atoms with E-state index < -0.39 is 0 Å². The Balaban J connectivity index is 0.00000242. The number of nitrogens with one attached hydrogen (secondary N) is 1. The standard InChI is InChI=1S/C15H23ClN4O.ClH/c1-9(2)14-18-8-11(16)13(20-14)15(21)19-12-6-4-3-5-10(12)7-17;/h8-10,12H,3-7,17H2,1-2H3,(H,19,21);1H. The van der Waals surface area contributed by atoms with Gasteiger partial charge in [0.2, 0.25) is 0 Å². The van der Waals surface area contributed by atoms with Crippen LogP contribution in [0.4, 0.5) is 0 Å². The molecule has 124 valence electrons. The van der Waals surface area contributed by atoms with Gasteiger partial charge in [0.05, 0.1) is 11.2 Å². The highest BCUT2D eigenvalue weighted by atomic mass is 35.5. The molecule has 2 unspecified atom stereocenters. The van der Waals surface area contributed by atoms with Crippen LogP contribution in [-0.4, -0.2) is 28.5 Å². The summed E-state index contributed by atoms with van der Waals surface area (Å²) in [5.41, 5.74) is 6.06. The molecule has 2 rings (SSSR count). The molecule has 0 aromatic carbocycles. The van der Waals surface area contributed by atoms with Crippen molar-refractivity contribution in [3.05, 3.63) is 22.7 Å². The van der Waals surface area contributed by atoms with E-state index in [1.807, 2.05) is 13.8 Å². The van der Waals surface area contributed by atoms with E-state index in [1.165, 1.54) is 12.6 Å². The molecule has 1 saturated carbocycles. The van der Waals surface area contributed by atoms with E-state index in [0.717, 1.165) is 19.3 Å². The minimum Gasteiger partial charge on any atom is -0.348 e. The minimum absolute atomic E-state index is 0. The van der Waals surface area contributed by atoms with Gasteiger partial charge in [0.25, 0.3) is 5.91 Å². The highest BCUT2D eigenvalue weighted by molar-refractivity contribution is 6.33. The number of hydrogen-bond donors (Lipinski definition) is 2. The SMILES string of the molecule is CC(C)c1ncc(Cl)c(C(=O)NC2CCCCC2CN)n1.Cl. The molecule has 22 heavy (non-hydrogen) atoms. The summed E-state index contributed by atoms with van der Waals surface area (Å²) in [5.74, 6) is 0.895. The van der Waals surface area contributed by atoms with Crippen LogP contribution < -0.4 is 11.1 Å². The lowest BCUT2D eigenvalue weighted by Gasteiger charge is -2.31. The van der Waals surface area contributed by atoms with E-state index in [2.05, 4.69) is 15.3 Å². The summed E-state index contributed by atoms with van der Waals surface area (Å²) in [6.45, 7) is 4.56. The van der Waals surface area contributed by atoms with Gasteiger partial charge in [0.15, 0.2) is 0 Å². The van der Waals surface area contributed by atoms with Crippen LogP contribution in [0.3, 0.4) is 0 Å². The number of carbonyl (C=O) groups is 1. The summed E-state index contributed by atoms with van der Waals surface area (Å²) in [6, 6.07) is 0.116. The van der Waals surface area contributed by atoms with Gasteiger partial charge in [-0.05, 0) is 25.3 Å². The molecule has 5 nitrogen and oxygen atoms in total. The second-order valence-corrected chi connectivity index (χ2v) is 6.35. The number of nitrogens with zero attached hydrogens (tertiary/aromatic N) is 2. The van der Waals surface area contributed by atoms with Gasteiger partial charge in [-0.3, -0.25) is 4.79 Å². The van der Waals surface area contributed by atoms with Crippen LogP contribution in [0.1, 0.15) is 61.8 Å². The Labute approximate surface area is 142 Å². The van der Waals surface area contributed by atoms with Gasteiger partial charge in [-0.2, -0.15) is 0 Å². The van der Waals surface area contributed by atoms with E-state index in [9.17, 15) is 4.79 Å². The molecule has 1 aliphatic rings. The number of aromatic nitrogens is 2. The number of rotatable bonds is 4. The number of nitrogens with two attached hydrogens (primary N) is 1. The minimum atomic E-state index is -0.227. The lowest BCUT2D eigenvalue weighted by molar-refractivity contribution is 0.0902. The largest absolute Gasteiger partial charge is 0.348 e. The molecular formula is C15H24Cl2N4O. The fourth-order valence-electron chi connectivity index (χ4n) is 2.73. The molecule has 3 N–H and O–H groups in total. The molecule has 1 aromatic heterocycles. The van der Waals surface area contributed by atoms with Crippen molar-refractivity contribution in [1.29, 1.82) is 0 Å². The summed E-state index contributed by atoms with van der Waals surface area (Å²) < 4.78 is 0. The lowest BCUT2D eigenvalue weighted by Crippen LogP contribution is -2.45. The third-order valence-electron chi connectivity index (χ3n) is 4.02. The Morgan fingerprint density at radius 1 is 1.45 bits per heavy atom. The second-order valence-electron chi connectivity index (χ2n) is 5.94. The fraction of sp³-hybridized carbons (Fsp3) is 0.667. The number of halogens is 2. The van der Waals surface area contributed by atoms with Crippen molar-refractivity contribution in [3.8, 4) is 0 Å². The first kappa shape index (κ1) is 19.1. The Morgan fingerprint density at radius 2 is 2.14 bits per heavy atom. The van der Waals surface area contributed by atoms with Crippen LogP contribution >= 0.6 is 24.0 Å². The van der Waals surface area contributed by atoms with E-state index in [-0.39, 0.29) is 41.0 Å². The molecule has 1 fully saturated rings. The van der Waals surface area contributed by atoms with Crippen molar-refractivity contribution in [3.63, 3.8) is 0 Å². The Bertz CT molecular complexity index is 510. The van der Waals surface area contributed by atoms with Crippen LogP contribution in [0, 0.1) is 5.92 Å². The van der Waals surface area contributed by atoms with Gasteiger partial charge < -0.3 is 11.1 Å². The molecule has 1 aromatic rings. The molecule has 0 saturated heterocycles. The highest BCUT2D eigenvalue weighted by Crippen LogP contribution is 2.24. The zero-order chi connectivity index (χ0) is 15.4. The molecule has 1 amide bonds. The first-order valence-electron chi connectivity index (χ1n) is 7.56. The van der Waals surface area contributed by atoms with Crippen LogP contribution in [0.25, 0.3) is 0 Å². The summed E-state index contributed by atoms with van der Waals surface area (Å²) >= 11 is 6.07. The Kier molecular flexibility index (Phi) is 7.53. The number of amides is 1. The van der Waals surface area contributed by atoms with E-state index >= 15 is 0 Å². The quantitative estimate of drug-likeness (QED) is 0.878. The van der Waals surface area contributed by atoms with Crippen molar-refractivity contribution in [2.24, 2.45) is 11.7 Å². The van der Waals surface area contributed by atoms with Crippen LogP contribution in [0.2, 0.25) is 5.02 Å². The molecule has 7 heteroatoms. The summed E-state index contributed by atoms with van der Waals surface area (Å²) in [4.78, 5) is 20.9. The predicted molar refractivity (Wildman–Crippen MR) is 90.6 cm³/mol. The van der Waals surface area contributed by atoms with Crippen molar-refractivity contribution in [1.82, 2.24) is 15.3 Å². The lowest BCUT2D eigenvalue weighted by atomic mass is 9.84. The smallest absolute Gasteiger partial charge is 0.271 e. The highest BCUT2D eigenvalue weighted by Gasteiger charge is 2.27. The van der Waals surface area contributed by atoms with Gasteiger partial charge in [-0.1, -0.05) is 38.3 Å². The van der Waals surface area contributed by atoms with Gasteiger partial charge >= 0.3 is 0 Å². The molecular weight excluding hydrogens is 323 g/mol. The topological polar surface area (TPSA) is 80.9 Å². The summed E-state index contributed by atoms with van der Waals surface area (Å²) in [5, 5.41) is 3.34. The third-order valence-corrected chi connectivity index (χ3v) is 4.30. The second kappa shape index (κ2) is 8.65. The van der Waals surface area contributed by atoms with Gasteiger partial charge in [0, 0.05) is 12.0 Å². The fourth-order valence-corrected chi connectivity index (χ4v) is 2.91. The molecule has 1 heterocycles. The van der Waals surface area contributed by atoms with E-state index in [4.69, 9.17) is 17.3 Å². The first-order valence-corrected chi connectivity index (χ1v) is 7.94. The predicted octanol–water partition coefficient (Wildman–Crippen LogP) is 2.92. The molecule has 0 aliphatic heterocycles. The average Bonchev–Trinajstić information content (AvgIpc) is 2.47. The van der Waals surface area contributed by atoms with Gasteiger partial charge in [-0.25, -0.2) is 9.97 Å². The Morgan fingerprint density at radius 3 is 2.77 bits per heavy atom. The van der Waals surface area contributed by atoms with E-state index in [1.54, 1.807) is 0 Å².